The number of aliphatic carboxylic acids is 1. The van der Waals surface area contributed by atoms with Crippen LogP contribution in [0.25, 0.3) is 0 Å². The maximum Gasteiger partial charge on any atom is 0.331 e. The number of aliphatic hydroxyl groups excluding tert-OH is 1. The number of amides is 2. The molecule has 2 aromatic heterocycles. The van der Waals surface area contributed by atoms with E-state index >= 15 is 0 Å². The average molecular weight is 1810 g/mol. The zero-order chi connectivity index (χ0) is 95.5. The number of carboxylic acids is 1. The number of carbonyl (C=O) groups is 11. The highest BCUT2D eigenvalue weighted by Crippen LogP contribution is 2.32. The number of methoxy groups -OCH3 is 2. The topological polar surface area (TPSA) is 455 Å². The molecule has 12 atom stereocenters. The van der Waals surface area contributed by atoms with E-state index in [0.717, 1.165) is 22.3 Å². The summed E-state index contributed by atoms with van der Waals surface area (Å²) in [4.78, 5) is 151. The van der Waals surface area contributed by atoms with Crippen molar-refractivity contribution in [2.75, 3.05) is 34.0 Å². The summed E-state index contributed by atoms with van der Waals surface area (Å²) >= 11 is 0. The van der Waals surface area contributed by atoms with Crippen LogP contribution in [0.2, 0.25) is 0 Å². The van der Waals surface area contributed by atoms with E-state index in [0.29, 0.717) is 17.1 Å². The molecule has 0 saturated heterocycles. The van der Waals surface area contributed by atoms with Crippen molar-refractivity contribution in [1.29, 1.82) is 0 Å². The number of esters is 8. The Kier molecular flexibility index (Phi) is 42.9. The minimum absolute atomic E-state index is 0.00975. The molecule has 2 amide bonds. The molecule has 0 bridgehead atoms. The number of aromatic nitrogens is 2. The summed E-state index contributed by atoms with van der Waals surface area (Å²) in [6, 6.07) is 62.4. The van der Waals surface area contributed by atoms with Crippen molar-refractivity contribution in [3.8, 4) is 34.5 Å². The predicted octanol–water partition coefficient (Wildman–Crippen LogP) is 11.7. The maximum absolute atomic E-state index is 13.9. The Labute approximate surface area is 760 Å². The quantitative estimate of drug-likeness (QED) is 0.0138. The van der Waals surface area contributed by atoms with Crippen molar-refractivity contribution >= 4 is 65.5 Å². The van der Waals surface area contributed by atoms with Crippen LogP contribution in [0.3, 0.4) is 0 Å². The number of hydrogen-bond acceptors (Lipinski definition) is 29. The van der Waals surface area contributed by atoms with Crippen LogP contribution in [0, 0.1) is 35.5 Å². The molecule has 0 fully saturated rings. The highest BCUT2D eigenvalue weighted by molar-refractivity contribution is 5.99. The van der Waals surface area contributed by atoms with Crippen molar-refractivity contribution in [3.63, 3.8) is 0 Å². The first-order valence-electron chi connectivity index (χ1n) is 42.6. The second-order valence-corrected chi connectivity index (χ2v) is 31.2. The molecule has 32 nitrogen and oxygen atoms in total. The van der Waals surface area contributed by atoms with Gasteiger partial charge in [-0.3, -0.25) is 43.2 Å². The normalized spacial score (nSPS) is 13.6. The predicted molar refractivity (Wildman–Crippen MR) is 477 cm³/mol. The van der Waals surface area contributed by atoms with Crippen LogP contribution in [-0.4, -0.2) is 185 Å². The molecule has 9 rings (SSSR count). The lowest BCUT2D eigenvalue weighted by Crippen LogP contribution is -2.49. The van der Waals surface area contributed by atoms with Gasteiger partial charge < -0.3 is 93.6 Å². The second-order valence-electron chi connectivity index (χ2n) is 31.2. The molecule has 0 radical (unpaired) electrons. The molecule has 9 aromatic rings. The summed E-state index contributed by atoms with van der Waals surface area (Å²) in [6.45, 7) is 13.6. The Morgan fingerprint density at radius 1 is 0.359 bits per heavy atom. The minimum Gasteiger partial charge on any atom is -0.503 e. The number of carbonyl (C=O) groups excluding carboxylic acids is 10. The largest absolute Gasteiger partial charge is 0.503 e. The Bertz CT molecular complexity index is 5080. The van der Waals surface area contributed by atoms with Gasteiger partial charge in [0.15, 0.2) is 58.7 Å². The van der Waals surface area contributed by atoms with E-state index in [1.54, 1.807) is 103 Å². The number of rotatable bonds is 46. The lowest BCUT2D eigenvalue weighted by molar-refractivity contribution is -0.181. The fourth-order valence-corrected chi connectivity index (χ4v) is 12.8. The molecule has 0 aliphatic rings. The lowest BCUT2D eigenvalue weighted by Gasteiger charge is -2.31. The van der Waals surface area contributed by atoms with E-state index in [1.807, 2.05) is 158 Å². The van der Waals surface area contributed by atoms with Crippen molar-refractivity contribution in [2.45, 2.75) is 162 Å². The lowest BCUT2D eigenvalue weighted by atomic mass is 9.90. The highest BCUT2D eigenvalue weighted by Gasteiger charge is 2.44. The van der Waals surface area contributed by atoms with E-state index in [-0.39, 0.29) is 75.7 Å². The van der Waals surface area contributed by atoms with Gasteiger partial charge in [0.2, 0.25) is 0 Å². The first kappa shape index (κ1) is 104. The first-order valence-corrected chi connectivity index (χ1v) is 42.6. The molecule has 7 aromatic carbocycles. The van der Waals surface area contributed by atoms with E-state index in [4.69, 9.17) is 62.6 Å². The van der Waals surface area contributed by atoms with Gasteiger partial charge in [-0.15, -0.1) is 0 Å². The van der Waals surface area contributed by atoms with Crippen LogP contribution in [0.1, 0.15) is 124 Å². The summed E-state index contributed by atoms with van der Waals surface area (Å²) in [5, 5.41) is 45.1. The standard InChI is InChI=1S/C40H44N2O10.C33H39NO7.C26H32N2O10/c1-26(2)38(45)52-36(31(24-28-14-8-5-9-15-28)39(46)50-25-29-16-10-6-11-17-29)27(3)51-40(47)32(21-23-49-30-18-12-7-13-19-30)42-37(44)34-35(43)33(48-4)20-22-41-34;1-23(2)31(35)41-30(24(3)40-33(37)29(34)19-20-38-27-17-11-6-12-18-27)28(21-25-13-7-4-8-14-25)32(36)39-22-26-15-9-5-10-16-26;1-14(2)25(34)38-22(17(24(32)33)12-16-8-6-5-7-9-16)15(3)37-26(35)18(13-29)28-23(31)20-21(30)19(36-4)10-11-27-20/h5-20,22,26-27,31-32,36,43H,21,23-25H2,1-4H3,(H,42,44);4-18,23-24,28-30H,19-22,34H2,1-3H3;5-11,14-15,17-18,22,29-30H,12-13H2,1-4H3,(H,28,31)(H,32,33)/t27-,31+,32-,36-;24-,28+,29-,30-;15-,17+,18-,22-/m000/s1. The number of aliphatic hydroxyl groups is 1. The molecule has 698 valence electrons. The molecule has 32 heteroatoms. The van der Waals surface area contributed by atoms with Crippen LogP contribution < -0.4 is 35.3 Å². The van der Waals surface area contributed by atoms with Crippen molar-refractivity contribution in [2.24, 2.45) is 41.2 Å². The Balaban J connectivity index is 0.000000273. The number of carboxylic acid groups (broad SMARTS) is 1. The number of nitrogens with one attached hydrogen (secondary N) is 2. The Morgan fingerprint density at radius 3 is 0.985 bits per heavy atom. The first-order chi connectivity index (χ1) is 62.8. The molecule has 2 heterocycles. The molecular weight excluding hydrogens is 1690 g/mol. The van der Waals surface area contributed by atoms with Crippen molar-refractivity contribution in [1.82, 2.24) is 20.6 Å². The van der Waals surface area contributed by atoms with Gasteiger partial charge in [-0.05, 0) is 92.1 Å². The zero-order valence-corrected chi connectivity index (χ0v) is 74.9. The highest BCUT2D eigenvalue weighted by atomic mass is 16.6. The molecule has 0 aliphatic heterocycles. The van der Waals surface area contributed by atoms with Crippen LogP contribution in [-0.2, 0) is 114 Å². The number of pyridine rings is 2. The maximum atomic E-state index is 13.9. The van der Waals surface area contributed by atoms with Gasteiger partial charge in [0.05, 0.1) is 51.8 Å². The molecule has 131 heavy (non-hydrogen) atoms. The number of para-hydroxylation sites is 2. The van der Waals surface area contributed by atoms with Crippen LogP contribution >= 0.6 is 0 Å². The molecule has 0 saturated carbocycles. The number of benzene rings is 7. The van der Waals surface area contributed by atoms with Gasteiger partial charge in [-0.1, -0.05) is 230 Å². The van der Waals surface area contributed by atoms with Crippen molar-refractivity contribution < 1.29 is 130 Å². The zero-order valence-electron chi connectivity index (χ0n) is 74.9. The van der Waals surface area contributed by atoms with Crippen molar-refractivity contribution in [3.05, 3.63) is 276 Å². The van der Waals surface area contributed by atoms with Gasteiger partial charge in [-0.2, -0.15) is 0 Å². The summed E-state index contributed by atoms with van der Waals surface area (Å²) in [7, 11) is 2.60. The third kappa shape index (κ3) is 34.0. The average Bonchev–Trinajstić information content (AvgIpc) is 1.06. The van der Waals surface area contributed by atoms with Crippen LogP contribution in [0.15, 0.2) is 237 Å². The van der Waals surface area contributed by atoms with E-state index in [2.05, 4.69) is 20.6 Å². The van der Waals surface area contributed by atoms with Crippen LogP contribution in [0.4, 0.5) is 0 Å². The minimum atomic E-state index is -1.60. The third-order valence-corrected chi connectivity index (χ3v) is 20.1. The molecular formula is C99H115N5O27. The molecule has 0 spiro atoms. The van der Waals surface area contributed by atoms with Gasteiger partial charge in [0.1, 0.15) is 72.9 Å². The van der Waals surface area contributed by atoms with Gasteiger partial charge in [0, 0.05) is 37.4 Å². The molecule has 0 unspecified atom stereocenters. The van der Waals surface area contributed by atoms with Gasteiger partial charge in [0.25, 0.3) is 11.8 Å². The summed E-state index contributed by atoms with van der Waals surface area (Å²) in [5.74, 6) is -13.7. The SMILES string of the molecule is CC(C)C(=O)O[C@@H]([C@H](C)OC(=O)[C@@H](N)CCOc1ccccc1)[C@@H](Cc1ccccc1)C(=O)OCc1ccccc1.COc1ccnc(C(=O)N[C@@H](CCOc2ccccc2)C(=O)O[C@@H](C)[C@H](OC(=O)C(C)C)[C@@H](Cc2ccccc2)C(=O)OCc2ccccc2)c1O.COc1ccnc(C(=O)N[C@@H](CO)C(=O)O[C@@H](C)[C@H](OC(=O)C(C)C)[C@@H](Cc2ccccc2)C(=O)O)c1O. The van der Waals surface area contributed by atoms with Gasteiger partial charge >= 0.3 is 53.7 Å². The number of ether oxygens (including phenoxy) is 12. The fraction of sp³-hybridized carbons (Fsp3) is 0.364. The van der Waals surface area contributed by atoms with E-state index < -0.39 is 180 Å². The number of nitrogens with zero attached hydrogens (tertiary/aromatic N) is 2. The number of nitrogens with two attached hydrogens (primary N) is 1. The number of aromatic hydroxyl groups is 2. The summed E-state index contributed by atoms with van der Waals surface area (Å²) in [5.41, 5.74) is 9.11. The molecule has 0 aliphatic carbocycles. The smallest absolute Gasteiger partial charge is 0.331 e. The van der Waals surface area contributed by atoms with Crippen LogP contribution in [0.5, 0.6) is 34.5 Å². The summed E-state index contributed by atoms with van der Waals surface area (Å²) in [6.07, 6.45) is -4.27. The Hall–Kier alpha value is -14.3. The second kappa shape index (κ2) is 54.1. The van der Waals surface area contributed by atoms with E-state index in [9.17, 15) is 73.2 Å². The number of hydrogen-bond donors (Lipinski definition) is 7. The van der Waals surface area contributed by atoms with Gasteiger partial charge in [-0.25, -0.2) is 19.6 Å². The molecule has 8 N–H and O–H groups in total. The van der Waals surface area contributed by atoms with E-state index in [1.165, 1.54) is 52.6 Å². The fourth-order valence-electron chi connectivity index (χ4n) is 12.8. The summed E-state index contributed by atoms with van der Waals surface area (Å²) < 4.78 is 67.0. The third-order valence-electron chi connectivity index (χ3n) is 20.1. The Morgan fingerprint density at radius 2 is 0.656 bits per heavy atom. The monoisotopic (exact) mass is 1810 g/mol.